The minimum Gasteiger partial charge on any atom is -0.391 e. The number of nitrogens with zero attached hydrogens (tertiary/aromatic N) is 4. The number of carbonyl (C=O) groups is 2. The molecule has 0 aliphatic carbocycles. The lowest BCUT2D eigenvalue weighted by Crippen LogP contribution is -2.48. The van der Waals surface area contributed by atoms with E-state index in [-0.39, 0.29) is 43.0 Å². The van der Waals surface area contributed by atoms with E-state index >= 15 is 0 Å². The number of nitriles is 1. The highest BCUT2D eigenvalue weighted by molar-refractivity contribution is 5.91. The first-order valence-corrected chi connectivity index (χ1v) is 14.2. The topological polar surface area (TPSA) is 141 Å². The summed E-state index contributed by atoms with van der Waals surface area (Å²) in [6.45, 7) is 7.30. The van der Waals surface area contributed by atoms with Crippen LogP contribution in [0.15, 0.2) is 34.9 Å². The SMILES string of the molecule is COC(OC)C1CCN(c2cc(C(C(=O)N3CC(O)C[C@H]3C(=O)N[C@@H](C)c3ccc(C#N)cc3)C(C)C)on2)CC1. The van der Waals surface area contributed by atoms with Crippen LogP contribution in [0.25, 0.3) is 0 Å². The fraction of sp³-hybridized carbons (Fsp3) is 0.600. The van der Waals surface area contributed by atoms with Crippen molar-refractivity contribution < 1.29 is 28.7 Å². The van der Waals surface area contributed by atoms with Crippen molar-refractivity contribution in [3.63, 3.8) is 0 Å². The Hall–Kier alpha value is -3.46. The van der Waals surface area contributed by atoms with Gasteiger partial charge in [-0.25, -0.2) is 0 Å². The number of rotatable bonds is 10. The van der Waals surface area contributed by atoms with Gasteiger partial charge >= 0.3 is 0 Å². The number of carbonyl (C=O) groups excluding carboxylic acids is 2. The second-order valence-corrected chi connectivity index (χ2v) is 11.3. The van der Waals surface area contributed by atoms with Gasteiger partial charge < -0.3 is 34.2 Å². The van der Waals surface area contributed by atoms with E-state index in [1.165, 1.54) is 4.90 Å². The van der Waals surface area contributed by atoms with Gasteiger partial charge in [0.15, 0.2) is 17.9 Å². The third-order valence-electron chi connectivity index (χ3n) is 8.23. The fourth-order valence-corrected chi connectivity index (χ4v) is 5.92. The molecule has 0 radical (unpaired) electrons. The van der Waals surface area contributed by atoms with Gasteiger partial charge in [-0.2, -0.15) is 5.26 Å². The lowest BCUT2D eigenvalue weighted by atomic mass is 9.91. The summed E-state index contributed by atoms with van der Waals surface area (Å²) in [4.78, 5) is 30.9. The third-order valence-corrected chi connectivity index (χ3v) is 8.23. The molecule has 2 unspecified atom stereocenters. The Kier molecular flexibility index (Phi) is 10.0. The molecule has 1 aromatic heterocycles. The highest BCUT2D eigenvalue weighted by Gasteiger charge is 2.43. The van der Waals surface area contributed by atoms with E-state index < -0.39 is 18.1 Å². The number of β-amino-alcohol motifs (C(OH)–C–C–N with tert-alkyl or cyclic N) is 1. The molecule has 0 saturated carbocycles. The Morgan fingerprint density at radius 1 is 1.15 bits per heavy atom. The Morgan fingerprint density at radius 3 is 2.39 bits per heavy atom. The highest BCUT2D eigenvalue weighted by Crippen LogP contribution is 2.34. The molecule has 2 saturated heterocycles. The van der Waals surface area contributed by atoms with Crippen molar-refractivity contribution in [2.75, 3.05) is 38.8 Å². The summed E-state index contributed by atoms with van der Waals surface area (Å²) in [6, 6.07) is 9.74. The molecule has 11 heteroatoms. The number of amides is 2. The Morgan fingerprint density at radius 2 is 1.80 bits per heavy atom. The van der Waals surface area contributed by atoms with Gasteiger partial charge in [-0.3, -0.25) is 9.59 Å². The Balaban J connectivity index is 1.45. The van der Waals surface area contributed by atoms with Crippen LogP contribution in [0.1, 0.15) is 68.9 Å². The van der Waals surface area contributed by atoms with Crippen LogP contribution in [-0.4, -0.2) is 79.3 Å². The molecule has 2 fully saturated rings. The van der Waals surface area contributed by atoms with Gasteiger partial charge in [-0.15, -0.1) is 0 Å². The number of piperidine rings is 1. The number of ether oxygens (including phenoxy) is 2. The van der Waals surface area contributed by atoms with E-state index in [9.17, 15) is 14.7 Å². The van der Waals surface area contributed by atoms with Crippen LogP contribution < -0.4 is 10.2 Å². The molecule has 222 valence electrons. The summed E-state index contributed by atoms with van der Waals surface area (Å²) in [6.07, 6.45) is 0.876. The number of methoxy groups -OCH3 is 2. The van der Waals surface area contributed by atoms with Gasteiger partial charge in [-0.1, -0.05) is 31.1 Å². The average molecular weight is 568 g/mol. The van der Waals surface area contributed by atoms with Crippen LogP contribution >= 0.6 is 0 Å². The molecule has 2 aromatic rings. The fourth-order valence-electron chi connectivity index (χ4n) is 5.92. The molecule has 0 spiro atoms. The highest BCUT2D eigenvalue weighted by atomic mass is 16.7. The predicted molar refractivity (Wildman–Crippen MR) is 151 cm³/mol. The zero-order chi connectivity index (χ0) is 29.7. The maximum Gasteiger partial charge on any atom is 0.243 e. The van der Waals surface area contributed by atoms with Gasteiger partial charge in [0.2, 0.25) is 11.8 Å². The second kappa shape index (κ2) is 13.5. The Bertz CT molecular complexity index is 1210. The molecule has 4 rings (SSSR count). The molecule has 3 heterocycles. The second-order valence-electron chi connectivity index (χ2n) is 11.3. The zero-order valence-electron chi connectivity index (χ0n) is 24.4. The maximum atomic E-state index is 13.9. The van der Waals surface area contributed by atoms with Crippen molar-refractivity contribution in [1.82, 2.24) is 15.4 Å². The first kappa shape index (κ1) is 30.5. The quantitative estimate of drug-likeness (QED) is 0.415. The number of hydrogen-bond donors (Lipinski definition) is 2. The zero-order valence-corrected chi connectivity index (χ0v) is 24.4. The van der Waals surface area contributed by atoms with Gasteiger partial charge in [0.1, 0.15) is 12.0 Å². The van der Waals surface area contributed by atoms with E-state index in [1.807, 2.05) is 26.8 Å². The summed E-state index contributed by atoms with van der Waals surface area (Å²) in [5, 5.41) is 26.8. The number of aliphatic hydroxyl groups excluding tert-OH is 1. The number of benzene rings is 1. The summed E-state index contributed by atoms with van der Waals surface area (Å²) in [5.41, 5.74) is 1.38. The van der Waals surface area contributed by atoms with Gasteiger partial charge in [0, 0.05) is 52.3 Å². The van der Waals surface area contributed by atoms with E-state index in [2.05, 4.69) is 21.4 Å². The standard InChI is InChI=1S/C30H41N5O6/c1-18(2)27(25-15-26(33-41-25)34-12-10-22(11-13-34)30(39-4)40-5)29(38)35-17-23(36)14-24(35)28(37)32-19(3)21-8-6-20(16-31)7-9-21/h6-9,15,18-19,22-24,27,30,36H,10-14,17H2,1-5H3,(H,32,37)/t19-,23?,24-,27?/m0/s1. The molecule has 0 bridgehead atoms. The summed E-state index contributed by atoms with van der Waals surface area (Å²) >= 11 is 0. The average Bonchev–Trinajstić information content (AvgIpc) is 3.61. The summed E-state index contributed by atoms with van der Waals surface area (Å²) < 4.78 is 16.6. The molecule has 41 heavy (non-hydrogen) atoms. The first-order valence-electron chi connectivity index (χ1n) is 14.2. The van der Waals surface area contributed by atoms with Crippen molar-refractivity contribution in [3.05, 3.63) is 47.2 Å². The lowest BCUT2D eigenvalue weighted by molar-refractivity contribution is -0.141. The molecule has 2 aliphatic rings. The van der Waals surface area contributed by atoms with Gasteiger partial charge in [-0.05, 0) is 43.4 Å². The maximum absolute atomic E-state index is 13.9. The van der Waals surface area contributed by atoms with Crippen LogP contribution in [0.3, 0.4) is 0 Å². The molecule has 2 amide bonds. The van der Waals surface area contributed by atoms with Crippen LogP contribution in [0.4, 0.5) is 5.82 Å². The normalized spacial score (nSPS) is 21.2. The van der Waals surface area contributed by atoms with E-state index in [1.54, 1.807) is 38.5 Å². The molecular weight excluding hydrogens is 526 g/mol. The van der Waals surface area contributed by atoms with Crippen molar-refractivity contribution in [2.45, 2.75) is 70.4 Å². The van der Waals surface area contributed by atoms with E-state index in [0.29, 0.717) is 23.1 Å². The number of likely N-dealkylation sites (tertiary alicyclic amines) is 1. The number of aliphatic hydroxyl groups is 1. The van der Waals surface area contributed by atoms with Crippen LogP contribution in [0.5, 0.6) is 0 Å². The molecule has 1 aromatic carbocycles. The molecular formula is C30H41N5O6. The van der Waals surface area contributed by atoms with E-state index in [4.69, 9.17) is 19.3 Å². The third kappa shape index (κ3) is 6.89. The monoisotopic (exact) mass is 567 g/mol. The molecule has 2 N–H and O–H groups in total. The minimum absolute atomic E-state index is 0.0695. The number of hydrogen-bond acceptors (Lipinski definition) is 9. The first-order chi connectivity index (χ1) is 19.7. The van der Waals surface area contributed by atoms with Gasteiger partial charge in [0.25, 0.3) is 0 Å². The lowest BCUT2D eigenvalue weighted by Gasteiger charge is -2.34. The summed E-state index contributed by atoms with van der Waals surface area (Å²) in [5.74, 6) is 0.0272. The number of anilines is 1. The van der Waals surface area contributed by atoms with Crippen LogP contribution in [0, 0.1) is 23.2 Å². The minimum atomic E-state index is -0.810. The smallest absolute Gasteiger partial charge is 0.243 e. The molecule has 2 aliphatic heterocycles. The van der Waals surface area contributed by atoms with Crippen molar-refractivity contribution in [3.8, 4) is 6.07 Å². The number of nitrogens with one attached hydrogen (secondary N) is 1. The summed E-state index contributed by atoms with van der Waals surface area (Å²) in [7, 11) is 3.30. The van der Waals surface area contributed by atoms with Gasteiger partial charge in [0.05, 0.1) is 23.8 Å². The van der Waals surface area contributed by atoms with Crippen molar-refractivity contribution in [2.24, 2.45) is 11.8 Å². The molecule has 11 nitrogen and oxygen atoms in total. The van der Waals surface area contributed by atoms with Crippen LogP contribution in [0.2, 0.25) is 0 Å². The molecule has 4 atom stereocenters. The Labute approximate surface area is 241 Å². The predicted octanol–water partition coefficient (Wildman–Crippen LogP) is 2.96. The van der Waals surface area contributed by atoms with E-state index in [0.717, 1.165) is 31.5 Å². The van der Waals surface area contributed by atoms with Crippen molar-refractivity contribution in [1.29, 1.82) is 5.26 Å². The number of aromatic nitrogens is 1. The van der Waals surface area contributed by atoms with Crippen molar-refractivity contribution >= 4 is 17.6 Å². The van der Waals surface area contributed by atoms with Crippen LogP contribution in [-0.2, 0) is 19.1 Å². The largest absolute Gasteiger partial charge is 0.391 e.